The van der Waals surface area contributed by atoms with Gasteiger partial charge >= 0.3 is 0 Å². The van der Waals surface area contributed by atoms with E-state index in [4.69, 9.17) is 14.2 Å². The minimum atomic E-state index is -3.72. The second-order valence-electron chi connectivity index (χ2n) is 6.16. The lowest BCUT2D eigenvalue weighted by molar-refractivity contribution is 0.199. The molecule has 0 unspecified atom stereocenters. The van der Waals surface area contributed by atoms with Crippen LogP contribution in [0, 0.1) is 0 Å². The largest absolute Gasteiger partial charge is 0.497 e. The lowest BCUT2D eigenvalue weighted by Gasteiger charge is -2.27. The molecule has 2 aromatic carbocycles. The summed E-state index contributed by atoms with van der Waals surface area (Å²) in [5, 5.41) is 2.97. The van der Waals surface area contributed by atoms with Crippen LogP contribution in [0.2, 0.25) is 0 Å². The van der Waals surface area contributed by atoms with Crippen LogP contribution in [-0.4, -0.2) is 60.0 Å². The Hall–Kier alpha value is -2.98. The van der Waals surface area contributed by atoms with Gasteiger partial charge in [-0.2, -0.15) is 0 Å². The van der Waals surface area contributed by atoms with Crippen LogP contribution < -0.4 is 24.2 Å². The SMILES string of the molecule is COc1ccc(S(=O)(=O)NC2=NCN(CCOc3ccccc3OC)CN2)cc1. The highest BCUT2D eigenvalue weighted by Crippen LogP contribution is 2.25. The second-order valence-corrected chi connectivity index (χ2v) is 7.84. The molecule has 0 aliphatic carbocycles. The van der Waals surface area contributed by atoms with Crippen molar-refractivity contribution in [2.24, 2.45) is 4.99 Å². The zero-order valence-corrected chi connectivity index (χ0v) is 17.1. The van der Waals surface area contributed by atoms with Gasteiger partial charge in [0.05, 0.1) is 32.5 Å². The number of rotatable bonds is 8. The third kappa shape index (κ3) is 5.52. The van der Waals surface area contributed by atoms with E-state index in [0.717, 1.165) is 0 Å². The van der Waals surface area contributed by atoms with Gasteiger partial charge in [-0.25, -0.2) is 18.1 Å². The summed E-state index contributed by atoms with van der Waals surface area (Å²) >= 11 is 0. The van der Waals surface area contributed by atoms with Crippen LogP contribution in [0.25, 0.3) is 0 Å². The fourth-order valence-electron chi connectivity index (χ4n) is 2.65. The van der Waals surface area contributed by atoms with E-state index < -0.39 is 10.0 Å². The monoisotopic (exact) mass is 420 g/mol. The number of hydrogen-bond donors (Lipinski definition) is 2. The van der Waals surface area contributed by atoms with E-state index in [1.807, 2.05) is 29.2 Å². The molecule has 0 spiro atoms. The van der Waals surface area contributed by atoms with E-state index in [0.29, 0.717) is 43.7 Å². The molecule has 0 fully saturated rings. The molecular formula is C19H24N4O5S. The van der Waals surface area contributed by atoms with Crippen LogP contribution in [-0.2, 0) is 10.0 Å². The number of benzene rings is 2. The zero-order chi connectivity index (χ0) is 20.7. The van der Waals surface area contributed by atoms with Crippen molar-refractivity contribution in [3.05, 3.63) is 48.5 Å². The van der Waals surface area contributed by atoms with Crippen molar-refractivity contribution >= 4 is 16.0 Å². The summed E-state index contributed by atoms with van der Waals surface area (Å²) in [6, 6.07) is 13.6. The maximum Gasteiger partial charge on any atom is 0.264 e. The van der Waals surface area contributed by atoms with Gasteiger partial charge < -0.3 is 19.5 Å². The highest BCUT2D eigenvalue weighted by atomic mass is 32.2. The van der Waals surface area contributed by atoms with Gasteiger partial charge in [-0.05, 0) is 36.4 Å². The maximum absolute atomic E-state index is 12.5. The number of sulfonamides is 1. The normalized spacial score (nSPS) is 14.5. The summed E-state index contributed by atoms with van der Waals surface area (Å²) < 4.78 is 43.4. The fourth-order valence-corrected chi connectivity index (χ4v) is 3.65. The minimum absolute atomic E-state index is 0.135. The van der Waals surface area contributed by atoms with Crippen molar-refractivity contribution in [3.63, 3.8) is 0 Å². The number of para-hydroxylation sites is 2. The van der Waals surface area contributed by atoms with Crippen molar-refractivity contribution in [2.45, 2.75) is 4.90 Å². The first kappa shape index (κ1) is 20.7. The third-order valence-electron chi connectivity index (χ3n) is 4.23. The van der Waals surface area contributed by atoms with Crippen LogP contribution in [0.1, 0.15) is 0 Å². The molecule has 2 aromatic rings. The summed E-state index contributed by atoms with van der Waals surface area (Å²) in [5.74, 6) is 2.15. The van der Waals surface area contributed by atoms with Crippen LogP contribution in [0.15, 0.2) is 58.4 Å². The Bertz CT molecular complexity index is 947. The second kappa shape index (κ2) is 9.48. The standard InChI is InChI=1S/C19H24N4O5S/c1-26-15-7-9-16(10-8-15)29(24,25)22-19-20-13-23(14-21-19)11-12-28-18-6-4-3-5-17(18)27-2/h3-10H,11-14H2,1-2H3,(H2,20,21,22). The van der Waals surface area contributed by atoms with Crippen LogP contribution in [0.4, 0.5) is 0 Å². The molecule has 0 aromatic heterocycles. The van der Waals surface area contributed by atoms with Gasteiger partial charge in [-0.1, -0.05) is 12.1 Å². The van der Waals surface area contributed by atoms with Gasteiger partial charge in [-0.3, -0.25) is 4.90 Å². The first-order valence-electron chi connectivity index (χ1n) is 8.95. The van der Waals surface area contributed by atoms with Crippen molar-refractivity contribution in [3.8, 4) is 17.2 Å². The summed E-state index contributed by atoms with van der Waals surface area (Å²) in [6.07, 6.45) is 0. The first-order chi connectivity index (χ1) is 14.0. The zero-order valence-electron chi connectivity index (χ0n) is 16.3. The van der Waals surface area contributed by atoms with E-state index >= 15 is 0 Å². The molecule has 0 radical (unpaired) electrons. The molecule has 0 amide bonds. The van der Waals surface area contributed by atoms with Crippen molar-refractivity contribution < 1.29 is 22.6 Å². The summed E-state index contributed by atoms with van der Waals surface area (Å²) in [4.78, 5) is 6.37. The quantitative estimate of drug-likeness (QED) is 0.662. The third-order valence-corrected chi connectivity index (χ3v) is 5.59. The van der Waals surface area contributed by atoms with E-state index in [2.05, 4.69) is 15.0 Å². The molecule has 3 rings (SSSR count). The number of hydrogen-bond acceptors (Lipinski definition) is 8. The van der Waals surface area contributed by atoms with Gasteiger partial charge in [0.2, 0.25) is 5.96 Å². The molecule has 10 heteroatoms. The van der Waals surface area contributed by atoms with E-state index in [9.17, 15) is 8.42 Å². The molecule has 0 bridgehead atoms. The molecular weight excluding hydrogens is 396 g/mol. The highest BCUT2D eigenvalue weighted by molar-refractivity contribution is 7.90. The van der Waals surface area contributed by atoms with Crippen LogP contribution in [0.5, 0.6) is 17.2 Å². The molecule has 2 N–H and O–H groups in total. The highest BCUT2D eigenvalue weighted by Gasteiger charge is 2.19. The molecule has 1 aliphatic rings. The Labute approximate surface area is 170 Å². The van der Waals surface area contributed by atoms with E-state index in [1.165, 1.54) is 19.2 Å². The number of ether oxygens (including phenoxy) is 3. The predicted molar refractivity (Wildman–Crippen MR) is 109 cm³/mol. The molecule has 0 atom stereocenters. The molecule has 1 heterocycles. The fraction of sp³-hybridized carbons (Fsp3) is 0.316. The van der Waals surface area contributed by atoms with Crippen molar-refractivity contribution in [2.75, 3.05) is 40.7 Å². The van der Waals surface area contributed by atoms with E-state index in [-0.39, 0.29) is 10.9 Å². The smallest absolute Gasteiger partial charge is 0.264 e. The number of aliphatic imine (C=N–C) groups is 1. The number of guanidine groups is 1. The number of nitrogens with one attached hydrogen (secondary N) is 2. The number of nitrogens with zero attached hydrogens (tertiary/aromatic N) is 2. The maximum atomic E-state index is 12.5. The van der Waals surface area contributed by atoms with Gasteiger partial charge in [0.15, 0.2) is 11.5 Å². The van der Waals surface area contributed by atoms with Crippen molar-refractivity contribution in [1.82, 2.24) is 14.9 Å². The van der Waals surface area contributed by atoms with Crippen LogP contribution >= 0.6 is 0 Å². The van der Waals surface area contributed by atoms with Gasteiger partial charge in [0, 0.05) is 6.54 Å². The predicted octanol–water partition coefficient (Wildman–Crippen LogP) is 1.24. The minimum Gasteiger partial charge on any atom is -0.497 e. The molecule has 0 saturated carbocycles. The van der Waals surface area contributed by atoms with E-state index in [1.54, 1.807) is 19.2 Å². The molecule has 9 nitrogen and oxygen atoms in total. The summed E-state index contributed by atoms with van der Waals surface area (Å²) in [5.41, 5.74) is 0. The summed E-state index contributed by atoms with van der Waals surface area (Å²) in [7, 11) is -0.598. The Morgan fingerprint density at radius 3 is 2.41 bits per heavy atom. The van der Waals surface area contributed by atoms with Gasteiger partial charge in [0.25, 0.3) is 10.0 Å². The first-order valence-corrected chi connectivity index (χ1v) is 10.4. The van der Waals surface area contributed by atoms with Gasteiger partial charge in [0.1, 0.15) is 12.4 Å². The van der Waals surface area contributed by atoms with Crippen LogP contribution in [0.3, 0.4) is 0 Å². The molecule has 1 aliphatic heterocycles. The average molecular weight is 420 g/mol. The molecule has 29 heavy (non-hydrogen) atoms. The lowest BCUT2D eigenvalue weighted by atomic mass is 10.3. The Balaban J connectivity index is 1.49. The molecule has 0 saturated heterocycles. The van der Waals surface area contributed by atoms with Gasteiger partial charge in [-0.15, -0.1) is 0 Å². The molecule has 156 valence electrons. The van der Waals surface area contributed by atoms with Crippen molar-refractivity contribution in [1.29, 1.82) is 0 Å². The lowest BCUT2D eigenvalue weighted by Crippen LogP contribution is -2.50. The summed E-state index contributed by atoms with van der Waals surface area (Å²) in [6.45, 7) is 1.86. The topological polar surface area (TPSA) is 101 Å². The Kier molecular flexibility index (Phi) is 6.78. The Morgan fingerprint density at radius 2 is 1.79 bits per heavy atom. The average Bonchev–Trinajstić information content (AvgIpc) is 2.75. The number of methoxy groups -OCH3 is 2. The Morgan fingerprint density at radius 1 is 1.07 bits per heavy atom.